The van der Waals surface area contributed by atoms with E-state index in [0.717, 1.165) is 60.9 Å². The van der Waals surface area contributed by atoms with Crippen molar-refractivity contribution in [3.8, 4) is 67.5 Å². The second kappa shape index (κ2) is 12.2. The van der Waals surface area contributed by atoms with Crippen molar-refractivity contribution >= 4 is 21.9 Å². The minimum Gasteiger partial charge on any atom is -0.455 e. The summed E-state index contributed by atoms with van der Waals surface area (Å²) in [5.41, 5.74) is 11.3. The van der Waals surface area contributed by atoms with Crippen LogP contribution >= 0.6 is 0 Å². The lowest BCUT2D eigenvalue weighted by atomic mass is 9.95. The molecule has 0 unspecified atom stereocenters. The molecule has 0 fully saturated rings. The average molecular weight is 628 g/mol. The summed E-state index contributed by atoms with van der Waals surface area (Å²) in [5.74, 6) is 1.93. The Bertz CT molecular complexity index is 2500. The molecule has 0 aliphatic carbocycles. The number of nitrogens with zero attached hydrogens (tertiary/aromatic N) is 3. The van der Waals surface area contributed by atoms with Crippen LogP contribution in [0.4, 0.5) is 0 Å². The SMILES string of the molecule is c1ccc(-c2cc(-c3ccccc3)c3oc4cc(-c5ccc(-c6nc(-c7ccccc7)nc(-c7ccccc7)n6)cc5)ccc4c3c2)cc1. The Hall–Kier alpha value is -6.65. The smallest absolute Gasteiger partial charge is 0.164 e. The maximum Gasteiger partial charge on any atom is 0.164 e. The molecule has 230 valence electrons. The summed E-state index contributed by atoms with van der Waals surface area (Å²) in [4.78, 5) is 14.6. The average Bonchev–Trinajstić information content (AvgIpc) is 3.57. The van der Waals surface area contributed by atoms with Gasteiger partial charge < -0.3 is 4.42 Å². The molecule has 4 nitrogen and oxygen atoms in total. The minimum absolute atomic E-state index is 0.634. The van der Waals surface area contributed by atoms with Gasteiger partial charge in [-0.2, -0.15) is 0 Å². The lowest BCUT2D eigenvalue weighted by Crippen LogP contribution is -2.00. The second-order valence-corrected chi connectivity index (χ2v) is 12.1. The van der Waals surface area contributed by atoms with Crippen LogP contribution in [0, 0.1) is 0 Å². The lowest BCUT2D eigenvalue weighted by Gasteiger charge is -2.09. The quantitative estimate of drug-likeness (QED) is 0.184. The zero-order valence-electron chi connectivity index (χ0n) is 26.5. The zero-order valence-corrected chi connectivity index (χ0v) is 26.5. The Morgan fingerprint density at radius 3 is 1.29 bits per heavy atom. The lowest BCUT2D eigenvalue weighted by molar-refractivity contribution is 0.670. The predicted molar refractivity (Wildman–Crippen MR) is 200 cm³/mol. The highest BCUT2D eigenvalue weighted by Crippen LogP contribution is 2.40. The third kappa shape index (κ3) is 5.45. The van der Waals surface area contributed by atoms with E-state index < -0.39 is 0 Å². The first-order valence-electron chi connectivity index (χ1n) is 16.4. The van der Waals surface area contributed by atoms with Crippen molar-refractivity contribution in [2.24, 2.45) is 0 Å². The topological polar surface area (TPSA) is 51.8 Å². The van der Waals surface area contributed by atoms with Gasteiger partial charge in [-0.05, 0) is 52.1 Å². The standard InChI is InChI=1S/C45H29N3O/c1-5-13-30(14-6-1)37-27-39(32-15-7-2-8-16-32)42-40(28-37)38-26-25-36(29-41(38)49-42)31-21-23-35(24-22-31)45-47-43(33-17-9-3-10-18-33)46-44(48-45)34-19-11-4-12-20-34/h1-29H. The fourth-order valence-electron chi connectivity index (χ4n) is 6.44. The summed E-state index contributed by atoms with van der Waals surface area (Å²) in [5, 5.41) is 2.20. The Morgan fingerprint density at radius 1 is 0.306 bits per heavy atom. The molecule has 9 rings (SSSR count). The van der Waals surface area contributed by atoms with Crippen LogP contribution in [0.15, 0.2) is 180 Å². The summed E-state index contributed by atoms with van der Waals surface area (Å²) in [6, 6.07) is 60.5. The minimum atomic E-state index is 0.634. The van der Waals surface area contributed by atoms with Gasteiger partial charge in [-0.3, -0.25) is 0 Å². The number of furan rings is 1. The largest absolute Gasteiger partial charge is 0.455 e. The second-order valence-electron chi connectivity index (χ2n) is 12.1. The first-order valence-corrected chi connectivity index (χ1v) is 16.4. The molecule has 0 aliphatic rings. The van der Waals surface area contributed by atoms with Gasteiger partial charge in [0.15, 0.2) is 17.5 Å². The molecule has 0 bridgehead atoms. The molecular weight excluding hydrogens is 599 g/mol. The van der Waals surface area contributed by atoms with Crippen LogP contribution < -0.4 is 0 Å². The normalized spacial score (nSPS) is 11.3. The molecule has 0 N–H and O–H groups in total. The molecule has 0 radical (unpaired) electrons. The van der Waals surface area contributed by atoms with Gasteiger partial charge >= 0.3 is 0 Å². The van der Waals surface area contributed by atoms with Crippen molar-refractivity contribution in [1.29, 1.82) is 0 Å². The summed E-state index contributed by atoms with van der Waals surface area (Å²) < 4.78 is 6.67. The Morgan fingerprint density at radius 2 is 0.735 bits per heavy atom. The number of hydrogen-bond acceptors (Lipinski definition) is 4. The maximum atomic E-state index is 6.67. The predicted octanol–water partition coefficient (Wildman–Crippen LogP) is 11.8. The summed E-state index contributed by atoms with van der Waals surface area (Å²) in [6.45, 7) is 0. The molecule has 9 aromatic rings. The van der Waals surface area contributed by atoms with Crippen LogP contribution in [-0.2, 0) is 0 Å². The number of rotatable bonds is 6. The fraction of sp³-hybridized carbons (Fsp3) is 0. The van der Waals surface area contributed by atoms with Crippen molar-refractivity contribution in [3.63, 3.8) is 0 Å². The third-order valence-electron chi connectivity index (χ3n) is 8.94. The molecule has 0 atom stereocenters. The van der Waals surface area contributed by atoms with Crippen molar-refractivity contribution in [3.05, 3.63) is 176 Å². The van der Waals surface area contributed by atoms with E-state index in [9.17, 15) is 0 Å². The van der Waals surface area contributed by atoms with Crippen molar-refractivity contribution in [1.82, 2.24) is 15.0 Å². The third-order valence-corrected chi connectivity index (χ3v) is 8.94. The van der Waals surface area contributed by atoms with E-state index in [1.165, 1.54) is 11.1 Å². The van der Waals surface area contributed by atoms with Crippen molar-refractivity contribution in [2.75, 3.05) is 0 Å². The maximum absolute atomic E-state index is 6.67. The fourth-order valence-corrected chi connectivity index (χ4v) is 6.44. The Labute approximate surface area is 284 Å². The van der Waals surface area contributed by atoms with Gasteiger partial charge in [0.05, 0.1) is 0 Å². The van der Waals surface area contributed by atoms with Gasteiger partial charge in [0.2, 0.25) is 0 Å². The van der Waals surface area contributed by atoms with E-state index in [0.29, 0.717) is 17.5 Å². The van der Waals surface area contributed by atoms with Crippen LogP contribution in [0.5, 0.6) is 0 Å². The van der Waals surface area contributed by atoms with E-state index >= 15 is 0 Å². The summed E-state index contributed by atoms with van der Waals surface area (Å²) in [7, 11) is 0. The molecule has 0 spiro atoms. The molecule has 49 heavy (non-hydrogen) atoms. The molecule has 0 aliphatic heterocycles. The highest BCUT2D eigenvalue weighted by molar-refractivity contribution is 6.12. The van der Waals surface area contributed by atoms with E-state index in [2.05, 4.69) is 109 Å². The van der Waals surface area contributed by atoms with E-state index in [-0.39, 0.29) is 0 Å². The van der Waals surface area contributed by atoms with Gasteiger partial charge in [-0.25, -0.2) is 15.0 Å². The van der Waals surface area contributed by atoms with Crippen LogP contribution in [0.2, 0.25) is 0 Å². The van der Waals surface area contributed by atoms with E-state index in [4.69, 9.17) is 19.4 Å². The monoisotopic (exact) mass is 627 g/mol. The Balaban J connectivity index is 1.12. The van der Waals surface area contributed by atoms with Gasteiger partial charge in [-0.1, -0.05) is 152 Å². The Kier molecular flexibility index (Phi) is 7.10. The summed E-state index contributed by atoms with van der Waals surface area (Å²) in [6.07, 6.45) is 0. The van der Waals surface area contributed by atoms with Crippen LogP contribution in [-0.4, -0.2) is 15.0 Å². The van der Waals surface area contributed by atoms with Crippen LogP contribution in [0.3, 0.4) is 0 Å². The van der Waals surface area contributed by atoms with Crippen LogP contribution in [0.25, 0.3) is 89.5 Å². The highest BCUT2D eigenvalue weighted by Gasteiger charge is 2.17. The van der Waals surface area contributed by atoms with Crippen molar-refractivity contribution < 1.29 is 4.42 Å². The molecule has 4 heteroatoms. The highest BCUT2D eigenvalue weighted by atomic mass is 16.3. The first-order chi connectivity index (χ1) is 24.3. The van der Waals surface area contributed by atoms with Crippen molar-refractivity contribution in [2.45, 2.75) is 0 Å². The number of hydrogen-bond donors (Lipinski definition) is 0. The van der Waals surface area contributed by atoms with Gasteiger partial charge in [0.25, 0.3) is 0 Å². The molecule has 0 amide bonds. The van der Waals surface area contributed by atoms with E-state index in [1.54, 1.807) is 0 Å². The van der Waals surface area contributed by atoms with Gasteiger partial charge in [0, 0.05) is 33.0 Å². The molecule has 2 heterocycles. The molecule has 0 saturated carbocycles. The first kappa shape index (κ1) is 28.6. The molecule has 7 aromatic carbocycles. The number of fused-ring (bicyclic) bond motifs is 3. The zero-order chi connectivity index (χ0) is 32.6. The molecule has 2 aromatic heterocycles. The van der Waals surface area contributed by atoms with Gasteiger partial charge in [0.1, 0.15) is 11.2 Å². The number of benzene rings is 7. The number of aromatic nitrogens is 3. The molecular formula is C45H29N3O. The van der Waals surface area contributed by atoms with E-state index in [1.807, 2.05) is 66.7 Å². The molecule has 0 saturated heterocycles. The van der Waals surface area contributed by atoms with Crippen LogP contribution in [0.1, 0.15) is 0 Å². The summed E-state index contributed by atoms with van der Waals surface area (Å²) >= 11 is 0. The van der Waals surface area contributed by atoms with Gasteiger partial charge in [-0.15, -0.1) is 0 Å².